The van der Waals surface area contributed by atoms with Gasteiger partial charge in [-0.3, -0.25) is 19.9 Å². The van der Waals surface area contributed by atoms with Gasteiger partial charge < -0.3 is 37.2 Å². The summed E-state index contributed by atoms with van der Waals surface area (Å²) in [5, 5.41) is 1.08. The largest absolute Gasteiger partial charge is 3.00 e. The molecule has 0 fully saturated rings. The summed E-state index contributed by atoms with van der Waals surface area (Å²) < 4.78 is 0. The molecule has 292 valence electrons. The molecule has 0 aromatic carbocycles. The van der Waals surface area contributed by atoms with Gasteiger partial charge >= 0.3 is 22.4 Å². The molecule has 4 aromatic heterocycles. The fraction of sp³-hybridized carbons (Fsp3) is 0.500. The summed E-state index contributed by atoms with van der Waals surface area (Å²) in [7, 11) is -1.16. The van der Waals surface area contributed by atoms with Crippen LogP contribution in [0.5, 0.6) is 0 Å². The van der Waals surface area contributed by atoms with Crippen LogP contribution in [0.3, 0.4) is 0 Å². The van der Waals surface area contributed by atoms with E-state index in [1.165, 1.54) is 46.4 Å². The SMILES string of the molecule is CC(C)(C)P(CCP(c1ccccn1)C(C)(C)C)c1ccccn1.CC(C)(C)P(CCP(c1ccccn1)C(C)(C)C)c1ccccn1.[Au+3].[Cl-].[Cl-].[Cl-]. The Hall–Kier alpha value is -0.0697. The Kier molecular flexibility index (Phi) is 25.5. The maximum Gasteiger partial charge on any atom is 3.00 e. The second-order valence-electron chi connectivity index (χ2n) is 16.0. The van der Waals surface area contributed by atoms with Crippen LogP contribution in [0, 0.1) is 0 Å². The van der Waals surface area contributed by atoms with Gasteiger partial charge in [-0.15, -0.1) is 0 Å². The molecular formula is C40H60AuCl3N4P4. The molecule has 0 aliphatic carbocycles. The topological polar surface area (TPSA) is 51.6 Å². The minimum Gasteiger partial charge on any atom is -1.00 e. The second-order valence-corrected chi connectivity index (χ2v) is 28.5. The zero-order valence-electron chi connectivity index (χ0n) is 33.1. The maximum atomic E-state index is 4.68. The Bertz CT molecular complexity index is 1250. The quantitative estimate of drug-likeness (QED) is 0.176. The number of rotatable bonds is 10. The van der Waals surface area contributed by atoms with Crippen molar-refractivity contribution in [2.75, 3.05) is 24.6 Å². The Morgan fingerprint density at radius 2 is 0.519 bits per heavy atom. The summed E-state index contributed by atoms with van der Waals surface area (Å²) in [6.07, 6.45) is 12.6. The first kappa shape index (κ1) is 54.0. The summed E-state index contributed by atoms with van der Waals surface area (Å²) in [5.74, 6) is 0. The van der Waals surface area contributed by atoms with Gasteiger partial charge in [0.05, 0.1) is 21.7 Å². The Morgan fingerprint density at radius 1 is 0.346 bits per heavy atom. The van der Waals surface area contributed by atoms with E-state index in [0.717, 1.165) is 0 Å². The molecule has 0 aliphatic heterocycles. The molecule has 0 aliphatic rings. The number of pyridine rings is 4. The van der Waals surface area contributed by atoms with Crippen molar-refractivity contribution in [3.63, 3.8) is 0 Å². The van der Waals surface area contributed by atoms with Gasteiger partial charge in [0.15, 0.2) is 0 Å². The molecule has 52 heavy (non-hydrogen) atoms. The summed E-state index contributed by atoms with van der Waals surface area (Å²) in [4.78, 5) is 18.7. The van der Waals surface area contributed by atoms with Crippen molar-refractivity contribution in [1.82, 2.24) is 19.9 Å². The van der Waals surface area contributed by atoms with E-state index in [0.29, 0.717) is 0 Å². The molecule has 0 saturated carbocycles. The summed E-state index contributed by atoms with van der Waals surface area (Å²) in [6, 6.07) is 25.3. The third kappa shape index (κ3) is 17.8. The molecule has 12 heteroatoms. The minimum atomic E-state index is -0.290. The molecule has 0 saturated heterocycles. The van der Waals surface area contributed by atoms with Gasteiger partial charge in [0, 0.05) is 24.8 Å². The third-order valence-electron chi connectivity index (χ3n) is 8.04. The molecule has 0 radical (unpaired) electrons. The van der Waals surface area contributed by atoms with Crippen molar-refractivity contribution < 1.29 is 59.6 Å². The molecule has 4 unspecified atom stereocenters. The van der Waals surface area contributed by atoms with Gasteiger partial charge in [-0.05, 0) is 125 Å². The molecule has 4 nitrogen and oxygen atoms in total. The van der Waals surface area contributed by atoms with Crippen LogP contribution < -0.4 is 59.0 Å². The molecule has 4 heterocycles. The first-order valence-corrected chi connectivity index (χ1v) is 23.2. The van der Waals surface area contributed by atoms with Gasteiger partial charge in [-0.25, -0.2) is 0 Å². The molecule has 4 rings (SSSR count). The number of halogens is 3. The zero-order valence-corrected chi connectivity index (χ0v) is 41.1. The number of hydrogen-bond donors (Lipinski definition) is 0. The van der Waals surface area contributed by atoms with Gasteiger partial charge in [-0.1, -0.05) is 107 Å². The van der Waals surface area contributed by atoms with Crippen LogP contribution in [0.2, 0.25) is 0 Å². The van der Waals surface area contributed by atoms with E-state index in [-0.39, 0.29) is 112 Å². The van der Waals surface area contributed by atoms with Gasteiger partial charge in [-0.2, -0.15) is 0 Å². The fourth-order valence-electron chi connectivity index (χ4n) is 5.63. The van der Waals surface area contributed by atoms with Gasteiger partial charge in [0.1, 0.15) is 0 Å². The molecule has 0 bridgehead atoms. The van der Waals surface area contributed by atoms with Crippen molar-refractivity contribution >= 4 is 53.4 Å². The maximum absolute atomic E-state index is 4.68. The fourth-order valence-corrected chi connectivity index (χ4v) is 17.1. The van der Waals surface area contributed by atoms with E-state index in [1.54, 1.807) is 0 Å². The number of hydrogen-bond acceptors (Lipinski definition) is 4. The van der Waals surface area contributed by atoms with Crippen molar-refractivity contribution in [3.05, 3.63) is 97.6 Å². The van der Waals surface area contributed by atoms with Crippen LogP contribution >= 0.6 is 31.7 Å². The van der Waals surface area contributed by atoms with Crippen LogP contribution in [0.25, 0.3) is 0 Å². The Balaban J connectivity index is 0. The van der Waals surface area contributed by atoms with E-state index in [9.17, 15) is 0 Å². The van der Waals surface area contributed by atoms with E-state index in [1.807, 2.05) is 49.1 Å². The molecule has 4 aromatic rings. The minimum absolute atomic E-state index is 0. The molecule has 0 amide bonds. The Morgan fingerprint density at radius 3 is 0.635 bits per heavy atom. The average Bonchev–Trinajstić information content (AvgIpc) is 3.01. The standard InChI is InChI=1S/2C20H30N2P2.Au.3ClH/c2*1-19(2,3)23(17-11-7-9-13-21-17)15-16-24(20(4,5)6)18-12-8-10-14-22-18;;;;/h2*7-14H,15-16H2,1-6H3;;3*1H/q;;+3;;;/p-3. The van der Waals surface area contributed by atoms with Crippen molar-refractivity contribution in [2.45, 2.75) is 104 Å². The summed E-state index contributed by atoms with van der Waals surface area (Å²) >= 11 is 0. The van der Waals surface area contributed by atoms with Crippen LogP contribution in [0.1, 0.15) is 83.1 Å². The van der Waals surface area contributed by atoms with Crippen LogP contribution in [0.4, 0.5) is 0 Å². The molecule has 0 N–H and O–H groups in total. The van der Waals surface area contributed by atoms with Crippen LogP contribution in [-0.2, 0) is 22.4 Å². The van der Waals surface area contributed by atoms with E-state index < -0.39 is 0 Å². The molecule has 0 spiro atoms. The Labute approximate surface area is 356 Å². The van der Waals surface area contributed by atoms with Crippen LogP contribution in [0.15, 0.2) is 97.6 Å². The monoisotopic (exact) mass is 1020 g/mol. The summed E-state index contributed by atoms with van der Waals surface area (Å²) in [5.41, 5.74) is 5.13. The van der Waals surface area contributed by atoms with Gasteiger partial charge in [0.25, 0.3) is 0 Å². The first-order chi connectivity index (χ1) is 22.4. The predicted molar refractivity (Wildman–Crippen MR) is 222 cm³/mol. The normalized spacial score (nSPS) is 13.9. The summed E-state index contributed by atoms with van der Waals surface area (Å²) in [6.45, 7) is 28.3. The van der Waals surface area contributed by atoms with Crippen molar-refractivity contribution in [1.29, 1.82) is 0 Å². The van der Waals surface area contributed by atoms with Crippen molar-refractivity contribution in [3.8, 4) is 0 Å². The van der Waals surface area contributed by atoms with Crippen LogP contribution in [-0.4, -0.2) is 65.2 Å². The van der Waals surface area contributed by atoms with Crippen molar-refractivity contribution in [2.24, 2.45) is 0 Å². The zero-order chi connectivity index (χ0) is 35.6. The van der Waals surface area contributed by atoms with E-state index in [2.05, 4.69) is 152 Å². The second kappa shape index (κ2) is 24.5. The number of aromatic nitrogens is 4. The van der Waals surface area contributed by atoms with E-state index >= 15 is 0 Å². The smallest absolute Gasteiger partial charge is 1.00 e. The van der Waals surface area contributed by atoms with E-state index in [4.69, 9.17) is 0 Å². The average molecular weight is 1020 g/mol. The molecule has 4 atom stereocenters. The van der Waals surface area contributed by atoms with Gasteiger partial charge in [0.2, 0.25) is 0 Å². The first-order valence-electron chi connectivity index (χ1n) is 17.1. The predicted octanol–water partition coefficient (Wildman–Crippen LogP) is 0.986. The molecular weight excluding hydrogens is 964 g/mol. The number of nitrogens with zero attached hydrogens (tertiary/aromatic N) is 4. The third-order valence-corrected chi connectivity index (χ3v) is 21.2.